The first-order valence-corrected chi connectivity index (χ1v) is 10.4. The highest BCUT2D eigenvalue weighted by molar-refractivity contribution is 8.01. The lowest BCUT2D eigenvalue weighted by Gasteiger charge is -2.08. The highest BCUT2D eigenvalue weighted by Gasteiger charge is 2.11. The van der Waals surface area contributed by atoms with Gasteiger partial charge in [-0.15, -0.1) is 10.2 Å². The predicted molar refractivity (Wildman–Crippen MR) is 115 cm³/mol. The van der Waals surface area contributed by atoms with Gasteiger partial charge in [-0.3, -0.25) is 4.79 Å². The molecule has 0 aliphatic rings. The molecule has 1 aromatic heterocycles. The Morgan fingerprint density at radius 2 is 2.07 bits per heavy atom. The third-order valence-electron chi connectivity index (χ3n) is 3.96. The molecule has 0 bridgehead atoms. The summed E-state index contributed by atoms with van der Waals surface area (Å²) in [7, 11) is 0. The van der Waals surface area contributed by atoms with Crippen LogP contribution < -0.4 is 10.6 Å². The second-order valence-corrected chi connectivity index (χ2v) is 8.52. The third kappa shape index (κ3) is 5.01. The van der Waals surface area contributed by atoms with Crippen molar-refractivity contribution in [2.45, 2.75) is 18.2 Å². The molecule has 3 rings (SSSR count). The maximum Gasteiger partial charge on any atom is 0.234 e. The van der Waals surface area contributed by atoms with Crippen LogP contribution in [0.4, 0.5) is 16.5 Å². The number of nitrogens with zero attached hydrogens (tertiary/aromatic N) is 3. The summed E-state index contributed by atoms with van der Waals surface area (Å²) in [6, 6.07) is 12.8. The molecular weight excluding hydrogens is 414 g/mol. The van der Waals surface area contributed by atoms with Crippen molar-refractivity contribution in [2.75, 3.05) is 16.4 Å². The molecule has 0 saturated carbocycles. The van der Waals surface area contributed by atoms with Gasteiger partial charge in [-0.2, -0.15) is 5.26 Å². The summed E-state index contributed by atoms with van der Waals surface area (Å²) in [5.41, 5.74) is 4.09. The number of nitriles is 1. The van der Waals surface area contributed by atoms with Gasteiger partial charge in [0.1, 0.15) is 6.07 Å². The molecule has 28 heavy (non-hydrogen) atoms. The van der Waals surface area contributed by atoms with Gasteiger partial charge in [0.2, 0.25) is 11.0 Å². The van der Waals surface area contributed by atoms with E-state index in [-0.39, 0.29) is 11.7 Å². The van der Waals surface area contributed by atoms with Crippen LogP contribution in [0.15, 0.2) is 40.7 Å². The summed E-state index contributed by atoms with van der Waals surface area (Å²) in [5.74, 6) is -0.0989. The first kappa shape index (κ1) is 20.1. The SMILES string of the molecule is Cc1cccc(Nc2nnc(SCC(=O)Nc3cc(Cl)ccc3C#N)s2)c1C. The lowest BCUT2D eigenvalue weighted by atomic mass is 10.1. The van der Waals surface area contributed by atoms with E-state index >= 15 is 0 Å². The number of nitrogens with one attached hydrogen (secondary N) is 2. The van der Waals surface area contributed by atoms with Gasteiger partial charge in [0.25, 0.3) is 0 Å². The Balaban J connectivity index is 1.59. The molecule has 2 aromatic carbocycles. The van der Waals surface area contributed by atoms with E-state index in [9.17, 15) is 4.79 Å². The summed E-state index contributed by atoms with van der Waals surface area (Å²) in [5, 5.41) is 24.4. The number of aryl methyl sites for hydroxylation is 1. The number of hydrogen-bond donors (Lipinski definition) is 2. The zero-order valence-electron chi connectivity index (χ0n) is 15.1. The van der Waals surface area contributed by atoms with E-state index in [0.29, 0.717) is 25.7 Å². The van der Waals surface area contributed by atoms with E-state index in [0.717, 1.165) is 11.3 Å². The third-order valence-corrected chi connectivity index (χ3v) is 6.16. The van der Waals surface area contributed by atoms with Gasteiger partial charge < -0.3 is 10.6 Å². The number of rotatable bonds is 6. The number of halogens is 1. The van der Waals surface area contributed by atoms with Crippen LogP contribution in [0.1, 0.15) is 16.7 Å². The van der Waals surface area contributed by atoms with Crippen molar-refractivity contribution in [3.05, 3.63) is 58.1 Å². The number of carbonyl (C=O) groups excluding carboxylic acids is 1. The Morgan fingerprint density at radius 3 is 2.86 bits per heavy atom. The molecule has 0 radical (unpaired) electrons. The second-order valence-electron chi connectivity index (χ2n) is 5.88. The zero-order valence-corrected chi connectivity index (χ0v) is 17.5. The fourth-order valence-corrected chi connectivity index (χ4v) is 4.09. The summed E-state index contributed by atoms with van der Waals surface area (Å²) >= 11 is 8.59. The van der Waals surface area contributed by atoms with E-state index in [2.05, 4.69) is 33.8 Å². The number of benzene rings is 2. The normalized spacial score (nSPS) is 10.4. The van der Waals surface area contributed by atoms with E-state index in [1.807, 2.05) is 25.1 Å². The van der Waals surface area contributed by atoms with Crippen LogP contribution in [0.2, 0.25) is 5.02 Å². The molecule has 0 atom stereocenters. The molecular formula is C19H16ClN5OS2. The molecule has 142 valence electrons. The van der Waals surface area contributed by atoms with Crippen LogP contribution in [0, 0.1) is 25.2 Å². The van der Waals surface area contributed by atoms with Gasteiger partial charge in [0.05, 0.1) is 17.0 Å². The average Bonchev–Trinajstić information content (AvgIpc) is 3.11. The maximum absolute atomic E-state index is 12.2. The molecule has 0 unspecified atom stereocenters. The second kappa shape index (κ2) is 9.06. The molecule has 0 fully saturated rings. The molecule has 6 nitrogen and oxygen atoms in total. The molecule has 1 heterocycles. The smallest absolute Gasteiger partial charge is 0.234 e. The quantitative estimate of drug-likeness (QED) is 0.526. The minimum absolute atomic E-state index is 0.148. The minimum Gasteiger partial charge on any atom is -0.330 e. The number of thioether (sulfide) groups is 1. The first-order valence-electron chi connectivity index (χ1n) is 8.25. The monoisotopic (exact) mass is 429 g/mol. The van der Waals surface area contributed by atoms with Crippen LogP contribution in [-0.4, -0.2) is 21.9 Å². The van der Waals surface area contributed by atoms with Crippen LogP contribution in [0.25, 0.3) is 0 Å². The van der Waals surface area contributed by atoms with Crippen molar-refractivity contribution in [3.63, 3.8) is 0 Å². The van der Waals surface area contributed by atoms with E-state index < -0.39 is 0 Å². The van der Waals surface area contributed by atoms with Crippen molar-refractivity contribution in [1.29, 1.82) is 5.26 Å². The highest BCUT2D eigenvalue weighted by Crippen LogP contribution is 2.29. The largest absolute Gasteiger partial charge is 0.330 e. The Labute approximate surface area is 175 Å². The van der Waals surface area contributed by atoms with Crippen LogP contribution in [-0.2, 0) is 4.79 Å². The van der Waals surface area contributed by atoms with Crippen molar-refractivity contribution >= 4 is 57.1 Å². The van der Waals surface area contributed by atoms with Crippen molar-refractivity contribution in [3.8, 4) is 6.07 Å². The van der Waals surface area contributed by atoms with E-state index in [1.54, 1.807) is 18.2 Å². The zero-order chi connectivity index (χ0) is 20.1. The number of anilines is 3. The van der Waals surface area contributed by atoms with Crippen LogP contribution >= 0.6 is 34.7 Å². The fraction of sp³-hybridized carbons (Fsp3) is 0.158. The number of aromatic nitrogens is 2. The Morgan fingerprint density at radius 1 is 1.25 bits per heavy atom. The van der Waals surface area contributed by atoms with Gasteiger partial charge in [0.15, 0.2) is 4.34 Å². The topological polar surface area (TPSA) is 90.7 Å². The summed E-state index contributed by atoms with van der Waals surface area (Å²) in [6.07, 6.45) is 0. The standard InChI is InChI=1S/C19H16ClN5OS2/c1-11-4-3-5-15(12(11)2)23-18-24-25-19(28-18)27-10-17(26)22-16-8-14(20)7-6-13(16)9-21/h3-8H,10H2,1-2H3,(H,22,26)(H,23,24). The highest BCUT2D eigenvalue weighted by atomic mass is 35.5. The van der Waals surface area contributed by atoms with Gasteiger partial charge in [-0.1, -0.05) is 46.8 Å². The molecule has 1 amide bonds. The fourth-order valence-electron chi connectivity index (χ4n) is 2.35. The average molecular weight is 430 g/mol. The summed E-state index contributed by atoms with van der Waals surface area (Å²) in [4.78, 5) is 12.2. The number of hydrogen-bond acceptors (Lipinski definition) is 7. The summed E-state index contributed by atoms with van der Waals surface area (Å²) in [6.45, 7) is 4.10. The predicted octanol–water partition coefficient (Wildman–Crippen LogP) is 5.15. The lowest BCUT2D eigenvalue weighted by molar-refractivity contribution is -0.113. The molecule has 0 aliphatic heterocycles. The molecule has 2 N–H and O–H groups in total. The van der Waals surface area contributed by atoms with Gasteiger partial charge in [-0.25, -0.2) is 0 Å². The van der Waals surface area contributed by atoms with Gasteiger partial charge in [0, 0.05) is 10.7 Å². The van der Waals surface area contributed by atoms with Crippen molar-refractivity contribution < 1.29 is 4.79 Å². The molecule has 0 spiro atoms. The molecule has 3 aromatic rings. The van der Waals surface area contributed by atoms with E-state index in [4.69, 9.17) is 16.9 Å². The molecule has 0 aliphatic carbocycles. The first-order chi connectivity index (χ1) is 13.5. The maximum atomic E-state index is 12.2. The van der Waals surface area contributed by atoms with Crippen LogP contribution in [0.5, 0.6) is 0 Å². The molecule has 0 saturated heterocycles. The Hall–Kier alpha value is -2.60. The lowest BCUT2D eigenvalue weighted by Crippen LogP contribution is -2.14. The number of carbonyl (C=O) groups is 1. The Kier molecular flexibility index (Phi) is 6.52. The van der Waals surface area contributed by atoms with Gasteiger partial charge >= 0.3 is 0 Å². The molecule has 9 heteroatoms. The minimum atomic E-state index is -0.247. The van der Waals surface area contributed by atoms with Crippen molar-refractivity contribution in [1.82, 2.24) is 10.2 Å². The van der Waals surface area contributed by atoms with E-state index in [1.165, 1.54) is 28.7 Å². The van der Waals surface area contributed by atoms with Crippen molar-refractivity contribution in [2.24, 2.45) is 0 Å². The van der Waals surface area contributed by atoms with Crippen LogP contribution in [0.3, 0.4) is 0 Å². The number of amides is 1. The Bertz CT molecular complexity index is 1060. The van der Waals surface area contributed by atoms with Gasteiger partial charge in [-0.05, 0) is 49.2 Å². The summed E-state index contributed by atoms with van der Waals surface area (Å²) < 4.78 is 0.676.